The number of hydrogen-bond acceptors (Lipinski definition) is 7. The van der Waals surface area contributed by atoms with E-state index in [9.17, 15) is 19.7 Å². The molecule has 0 radical (unpaired) electrons. The highest BCUT2D eigenvalue weighted by molar-refractivity contribution is 7.17. The van der Waals surface area contributed by atoms with Gasteiger partial charge >= 0.3 is 0 Å². The molecule has 2 N–H and O–H groups in total. The lowest BCUT2D eigenvalue weighted by Crippen LogP contribution is -2.20. The summed E-state index contributed by atoms with van der Waals surface area (Å²) < 4.78 is 0. The predicted octanol–water partition coefficient (Wildman–Crippen LogP) is 5.43. The number of carbonyl (C=O) groups excluding carboxylic acids is 2. The minimum Gasteiger partial charge on any atom is -0.386 e. The molecule has 0 aliphatic heterocycles. The van der Waals surface area contributed by atoms with Gasteiger partial charge in [0, 0.05) is 33.3 Å². The summed E-state index contributed by atoms with van der Waals surface area (Å²) in [7, 11) is 0. The van der Waals surface area contributed by atoms with E-state index in [0.717, 1.165) is 36.1 Å². The zero-order chi connectivity index (χ0) is 24.8. The molecule has 3 aromatic rings. The summed E-state index contributed by atoms with van der Waals surface area (Å²) in [5.74, 6) is -0.771. The molecular formula is C24H21ClN4O5S. The minimum absolute atomic E-state index is 0.0715. The van der Waals surface area contributed by atoms with Crippen molar-refractivity contribution in [2.45, 2.75) is 25.7 Å². The Labute approximate surface area is 209 Å². The molecule has 0 atom stereocenters. The zero-order valence-electron chi connectivity index (χ0n) is 18.5. The molecule has 180 valence electrons. The number of non-ortho nitro benzene ring substituents is 1. The molecule has 0 saturated carbocycles. The molecule has 1 aromatic heterocycles. The van der Waals surface area contributed by atoms with Crippen LogP contribution in [0.25, 0.3) is 0 Å². The Kier molecular flexibility index (Phi) is 7.74. The van der Waals surface area contributed by atoms with Crippen LogP contribution in [0.5, 0.6) is 0 Å². The van der Waals surface area contributed by atoms with Gasteiger partial charge in [0.1, 0.15) is 5.00 Å². The molecule has 2 amide bonds. The van der Waals surface area contributed by atoms with Crippen molar-refractivity contribution in [2.24, 2.45) is 5.16 Å². The summed E-state index contributed by atoms with van der Waals surface area (Å²) in [6.45, 7) is -0.383. The van der Waals surface area contributed by atoms with Crippen LogP contribution in [0.15, 0.2) is 53.7 Å². The number of aryl methyl sites for hydroxylation is 1. The topological polar surface area (TPSA) is 123 Å². The van der Waals surface area contributed by atoms with Crippen LogP contribution in [0.1, 0.15) is 39.2 Å². The fourth-order valence-corrected chi connectivity index (χ4v) is 5.13. The van der Waals surface area contributed by atoms with Crippen molar-refractivity contribution in [3.05, 3.63) is 85.2 Å². The standard InChI is InChI=1S/C24H21ClN4O5S/c25-16-8-10-17(11-9-16)27-23(31)22-19-6-1-2-7-20(19)35-24(22)28-21(30)14-34-26-13-15-4-3-5-18(12-15)29(32)33/h3-5,8-13H,1-2,6-7,14H2,(H,27,31)(H,28,30)/b26-13-. The molecule has 0 saturated heterocycles. The van der Waals surface area contributed by atoms with E-state index in [-0.39, 0.29) is 18.2 Å². The lowest BCUT2D eigenvalue weighted by molar-refractivity contribution is -0.384. The number of carbonyl (C=O) groups is 2. The first kappa shape index (κ1) is 24.4. The summed E-state index contributed by atoms with van der Waals surface area (Å²) in [5.41, 5.74) is 2.43. The maximum atomic E-state index is 13.1. The molecule has 0 bridgehead atoms. The molecule has 0 spiro atoms. The van der Waals surface area contributed by atoms with Crippen LogP contribution in [-0.2, 0) is 22.5 Å². The smallest absolute Gasteiger partial charge is 0.270 e. The Hall–Kier alpha value is -3.76. The van der Waals surface area contributed by atoms with Crippen molar-refractivity contribution in [2.75, 3.05) is 17.2 Å². The molecular weight excluding hydrogens is 492 g/mol. The average Bonchev–Trinajstić information content (AvgIpc) is 3.21. The van der Waals surface area contributed by atoms with Gasteiger partial charge in [-0.1, -0.05) is 28.9 Å². The normalized spacial score (nSPS) is 12.7. The molecule has 2 aromatic carbocycles. The lowest BCUT2D eigenvalue weighted by Gasteiger charge is -2.13. The second-order valence-electron chi connectivity index (χ2n) is 7.78. The van der Waals surface area contributed by atoms with Gasteiger partial charge in [0.25, 0.3) is 17.5 Å². The van der Waals surface area contributed by atoms with E-state index in [4.69, 9.17) is 16.4 Å². The van der Waals surface area contributed by atoms with Crippen LogP contribution in [0.2, 0.25) is 5.02 Å². The summed E-state index contributed by atoms with van der Waals surface area (Å²) in [6.07, 6.45) is 4.94. The number of oxime groups is 1. The van der Waals surface area contributed by atoms with E-state index in [0.29, 0.717) is 26.8 Å². The summed E-state index contributed by atoms with van der Waals surface area (Å²) in [4.78, 5) is 42.1. The molecule has 4 rings (SSSR count). The molecule has 1 aliphatic carbocycles. The minimum atomic E-state index is -0.507. The van der Waals surface area contributed by atoms with Crippen LogP contribution in [0.3, 0.4) is 0 Å². The number of nitrogens with zero attached hydrogens (tertiary/aromatic N) is 2. The quantitative estimate of drug-likeness (QED) is 0.236. The highest BCUT2D eigenvalue weighted by atomic mass is 35.5. The van der Waals surface area contributed by atoms with Gasteiger partial charge < -0.3 is 15.5 Å². The molecule has 1 aliphatic rings. The van der Waals surface area contributed by atoms with Crippen molar-refractivity contribution in [1.82, 2.24) is 0 Å². The van der Waals surface area contributed by atoms with Crippen molar-refractivity contribution < 1.29 is 19.3 Å². The number of anilines is 2. The van der Waals surface area contributed by atoms with Crippen molar-refractivity contribution in [3.8, 4) is 0 Å². The van der Waals surface area contributed by atoms with Gasteiger partial charge in [0.2, 0.25) is 0 Å². The second kappa shape index (κ2) is 11.1. The van der Waals surface area contributed by atoms with E-state index >= 15 is 0 Å². The van der Waals surface area contributed by atoms with Crippen LogP contribution >= 0.6 is 22.9 Å². The molecule has 9 nitrogen and oxygen atoms in total. The number of halogens is 1. The number of fused-ring (bicyclic) bond motifs is 1. The van der Waals surface area contributed by atoms with E-state index in [1.807, 2.05) is 0 Å². The van der Waals surface area contributed by atoms with Crippen LogP contribution in [-0.4, -0.2) is 29.6 Å². The fraction of sp³-hybridized carbons (Fsp3) is 0.208. The molecule has 11 heteroatoms. The van der Waals surface area contributed by atoms with Crippen molar-refractivity contribution >= 4 is 57.3 Å². The molecule has 0 unspecified atom stereocenters. The average molecular weight is 513 g/mol. The van der Waals surface area contributed by atoms with Crippen molar-refractivity contribution in [1.29, 1.82) is 0 Å². The lowest BCUT2D eigenvalue weighted by atomic mass is 9.95. The van der Waals surface area contributed by atoms with Gasteiger partial charge in [-0.2, -0.15) is 0 Å². The second-order valence-corrected chi connectivity index (χ2v) is 9.33. The van der Waals surface area contributed by atoms with Crippen LogP contribution in [0.4, 0.5) is 16.4 Å². The number of nitrogens with one attached hydrogen (secondary N) is 2. The molecule has 35 heavy (non-hydrogen) atoms. The van der Waals surface area contributed by atoms with E-state index in [1.165, 1.54) is 35.8 Å². The maximum absolute atomic E-state index is 13.1. The third-order valence-electron chi connectivity index (χ3n) is 5.31. The van der Waals surface area contributed by atoms with Crippen LogP contribution < -0.4 is 10.6 Å². The third kappa shape index (κ3) is 6.23. The molecule has 1 heterocycles. The summed E-state index contributed by atoms with van der Waals surface area (Å²) in [5, 5.41) is 21.3. The Balaban J connectivity index is 1.42. The van der Waals surface area contributed by atoms with Gasteiger partial charge in [-0.3, -0.25) is 19.7 Å². The highest BCUT2D eigenvalue weighted by Crippen LogP contribution is 2.38. The monoisotopic (exact) mass is 512 g/mol. The SMILES string of the molecule is O=C(CO/N=C\c1cccc([N+](=O)[O-])c1)Nc1sc2c(c1C(=O)Nc1ccc(Cl)cc1)CCCC2. The zero-order valence-corrected chi connectivity index (χ0v) is 20.0. The first-order chi connectivity index (χ1) is 16.9. The number of thiophene rings is 1. The fourth-order valence-electron chi connectivity index (χ4n) is 3.70. The first-order valence-electron chi connectivity index (χ1n) is 10.8. The number of amides is 2. The Morgan fingerprint density at radius 3 is 2.69 bits per heavy atom. The van der Waals surface area contributed by atoms with E-state index in [2.05, 4.69) is 15.8 Å². The maximum Gasteiger partial charge on any atom is 0.270 e. The Bertz CT molecular complexity index is 1290. The van der Waals surface area contributed by atoms with Crippen LogP contribution in [0, 0.1) is 10.1 Å². The number of hydrogen-bond donors (Lipinski definition) is 2. The van der Waals surface area contributed by atoms with Gasteiger partial charge in [0.15, 0.2) is 6.61 Å². The Morgan fingerprint density at radius 1 is 1.14 bits per heavy atom. The highest BCUT2D eigenvalue weighted by Gasteiger charge is 2.26. The summed E-state index contributed by atoms with van der Waals surface area (Å²) >= 11 is 7.32. The van der Waals surface area contributed by atoms with E-state index in [1.54, 1.807) is 30.3 Å². The van der Waals surface area contributed by atoms with Gasteiger partial charge in [-0.05, 0) is 55.5 Å². The number of nitro benzene ring substituents is 1. The first-order valence-corrected chi connectivity index (χ1v) is 12.0. The van der Waals surface area contributed by atoms with Gasteiger partial charge in [-0.15, -0.1) is 11.3 Å². The van der Waals surface area contributed by atoms with Crippen molar-refractivity contribution in [3.63, 3.8) is 0 Å². The third-order valence-corrected chi connectivity index (χ3v) is 6.77. The van der Waals surface area contributed by atoms with E-state index < -0.39 is 10.8 Å². The predicted molar refractivity (Wildman–Crippen MR) is 136 cm³/mol. The summed E-state index contributed by atoms with van der Waals surface area (Å²) in [6, 6.07) is 12.7. The molecule has 0 fully saturated rings. The number of rotatable bonds is 8. The number of benzene rings is 2. The number of nitro groups is 1. The van der Waals surface area contributed by atoms with Gasteiger partial charge in [-0.25, -0.2) is 0 Å². The largest absolute Gasteiger partial charge is 0.386 e. The Morgan fingerprint density at radius 2 is 1.91 bits per heavy atom. The van der Waals surface area contributed by atoms with Gasteiger partial charge in [0.05, 0.1) is 16.7 Å².